The number of carbonyl (C=O) groups is 2. The lowest BCUT2D eigenvalue weighted by atomic mass is 10.1. The summed E-state index contributed by atoms with van der Waals surface area (Å²) in [6.07, 6.45) is 0.776. The normalized spacial score (nSPS) is 13.3. The first-order valence-corrected chi connectivity index (χ1v) is 7.27. The lowest BCUT2D eigenvalue weighted by Gasteiger charge is -2.15. The van der Waals surface area contributed by atoms with Gasteiger partial charge in [-0.05, 0) is 38.8 Å². The topological polar surface area (TPSA) is 78.4 Å². The van der Waals surface area contributed by atoms with Crippen LogP contribution >= 0.6 is 0 Å². The van der Waals surface area contributed by atoms with E-state index in [0.29, 0.717) is 24.9 Å². The Balaban J connectivity index is 2.43. The fraction of sp³-hybridized carbons (Fsp3) is 0.500. The van der Waals surface area contributed by atoms with Crippen molar-refractivity contribution in [3.05, 3.63) is 35.4 Å². The largest absolute Gasteiger partial charge is 0.393 e. The molecule has 0 bridgehead atoms. The molecule has 0 aliphatic carbocycles. The predicted octanol–water partition coefficient (Wildman–Crippen LogP) is 1.39. The van der Waals surface area contributed by atoms with Crippen LogP contribution in [0.25, 0.3) is 0 Å². The van der Waals surface area contributed by atoms with Crippen LogP contribution < -0.4 is 10.6 Å². The van der Waals surface area contributed by atoms with Gasteiger partial charge in [0.05, 0.1) is 6.10 Å². The third-order valence-electron chi connectivity index (χ3n) is 3.27. The fourth-order valence-electron chi connectivity index (χ4n) is 1.85. The van der Waals surface area contributed by atoms with E-state index < -0.39 is 12.1 Å². The van der Waals surface area contributed by atoms with Gasteiger partial charge in [0.15, 0.2) is 0 Å². The number of hydrogen-bond donors (Lipinski definition) is 3. The van der Waals surface area contributed by atoms with E-state index in [1.807, 2.05) is 19.9 Å². The van der Waals surface area contributed by atoms with Gasteiger partial charge >= 0.3 is 0 Å². The monoisotopic (exact) mass is 292 g/mol. The molecule has 0 heterocycles. The van der Waals surface area contributed by atoms with Crippen molar-refractivity contribution in [2.45, 2.75) is 45.8 Å². The van der Waals surface area contributed by atoms with Crippen LogP contribution in [-0.2, 0) is 4.79 Å². The summed E-state index contributed by atoms with van der Waals surface area (Å²) in [6.45, 7) is 5.83. The summed E-state index contributed by atoms with van der Waals surface area (Å²) >= 11 is 0. The number of carbonyl (C=O) groups excluding carboxylic acids is 2. The molecule has 0 spiro atoms. The van der Waals surface area contributed by atoms with Crippen LogP contribution in [-0.4, -0.2) is 35.6 Å². The first-order valence-electron chi connectivity index (χ1n) is 7.27. The van der Waals surface area contributed by atoms with E-state index in [9.17, 15) is 14.7 Å². The minimum Gasteiger partial charge on any atom is -0.393 e. The molecule has 21 heavy (non-hydrogen) atoms. The third-order valence-corrected chi connectivity index (χ3v) is 3.27. The van der Waals surface area contributed by atoms with E-state index in [-0.39, 0.29) is 11.8 Å². The van der Waals surface area contributed by atoms with Gasteiger partial charge in [-0.15, -0.1) is 0 Å². The molecule has 0 saturated carbocycles. The Morgan fingerprint density at radius 2 is 2.05 bits per heavy atom. The maximum atomic E-state index is 12.0. The van der Waals surface area contributed by atoms with Crippen LogP contribution in [0.4, 0.5) is 0 Å². The number of aliphatic hydroxyl groups is 1. The van der Waals surface area contributed by atoms with Crippen LogP contribution in [0.2, 0.25) is 0 Å². The van der Waals surface area contributed by atoms with E-state index in [2.05, 4.69) is 10.6 Å². The van der Waals surface area contributed by atoms with Gasteiger partial charge in [-0.1, -0.05) is 24.6 Å². The highest BCUT2D eigenvalue weighted by Crippen LogP contribution is 2.04. The Labute approximate surface area is 125 Å². The standard InChI is InChI=1S/C16H24N2O3/c1-4-14(19)8-9-17-15(20)12(3)18-16(21)13-7-5-6-11(2)10-13/h5-7,10,12,14,19H,4,8-9H2,1-3H3,(H,17,20)(H,18,21). The summed E-state index contributed by atoms with van der Waals surface area (Å²) in [5, 5.41) is 14.8. The Kier molecular flexibility index (Phi) is 6.88. The van der Waals surface area contributed by atoms with Crippen molar-refractivity contribution in [3.63, 3.8) is 0 Å². The average Bonchev–Trinajstić information content (AvgIpc) is 2.46. The number of amides is 2. The highest BCUT2D eigenvalue weighted by molar-refractivity contribution is 5.97. The molecular formula is C16H24N2O3. The van der Waals surface area contributed by atoms with Crippen molar-refractivity contribution >= 4 is 11.8 Å². The minimum atomic E-state index is -0.614. The SMILES string of the molecule is CCC(O)CCNC(=O)C(C)NC(=O)c1cccc(C)c1. The van der Waals surface area contributed by atoms with Gasteiger partial charge in [-0.25, -0.2) is 0 Å². The van der Waals surface area contributed by atoms with E-state index >= 15 is 0 Å². The molecule has 3 N–H and O–H groups in total. The molecule has 1 aromatic rings. The van der Waals surface area contributed by atoms with Gasteiger partial charge < -0.3 is 15.7 Å². The maximum Gasteiger partial charge on any atom is 0.251 e. The Hall–Kier alpha value is -1.88. The summed E-state index contributed by atoms with van der Waals surface area (Å²) in [4.78, 5) is 23.8. The highest BCUT2D eigenvalue weighted by atomic mass is 16.3. The summed E-state index contributed by atoms with van der Waals surface area (Å²) < 4.78 is 0. The van der Waals surface area contributed by atoms with Gasteiger partial charge in [0, 0.05) is 12.1 Å². The molecular weight excluding hydrogens is 268 g/mol. The number of hydrogen-bond acceptors (Lipinski definition) is 3. The summed E-state index contributed by atoms with van der Waals surface area (Å²) in [5.41, 5.74) is 1.53. The van der Waals surface area contributed by atoms with Crippen molar-refractivity contribution in [1.29, 1.82) is 0 Å². The summed E-state index contributed by atoms with van der Waals surface area (Å²) in [6, 6.07) is 6.59. The Bertz CT molecular complexity index is 488. The lowest BCUT2D eigenvalue weighted by Crippen LogP contribution is -2.45. The molecule has 0 aliphatic rings. The van der Waals surface area contributed by atoms with Gasteiger partial charge in [-0.3, -0.25) is 9.59 Å². The van der Waals surface area contributed by atoms with E-state index in [0.717, 1.165) is 5.56 Å². The zero-order valence-electron chi connectivity index (χ0n) is 12.8. The van der Waals surface area contributed by atoms with Gasteiger partial charge in [0.25, 0.3) is 5.91 Å². The summed E-state index contributed by atoms with van der Waals surface area (Å²) in [7, 11) is 0. The van der Waals surface area contributed by atoms with Gasteiger partial charge in [-0.2, -0.15) is 0 Å². The second kappa shape index (κ2) is 8.42. The number of benzene rings is 1. The predicted molar refractivity (Wildman–Crippen MR) is 82.0 cm³/mol. The highest BCUT2D eigenvalue weighted by Gasteiger charge is 2.16. The maximum absolute atomic E-state index is 12.0. The van der Waals surface area contributed by atoms with Crippen molar-refractivity contribution in [2.24, 2.45) is 0 Å². The first kappa shape index (κ1) is 17.2. The molecule has 0 aromatic heterocycles. The average molecular weight is 292 g/mol. The number of nitrogens with one attached hydrogen (secondary N) is 2. The zero-order valence-corrected chi connectivity index (χ0v) is 12.8. The van der Waals surface area contributed by atoms with Crippen molar-refractivity contribution in [3.8, 4) is 0 Å². The molecule has 116 valence electrons. The molecule has 5 heteroatoms. The molecule has 5 nitrogen and oxygen atoms in total. The Morgan fingerprint density at radius 3 is 2.67 bits per heavy atom. The van der Waals surface area contributed by atoms with Crippen molar-refractivity contribution < 1.29 is 14.7 Å². The molecule has 1 rings (SSSR count). The van der Waals surface area contributed by atoms with Crippen molar-refractivity contribution in [1.82, 2.24) is 10.6 Å². The van der Waals surface area contributed by atoms with E-state index in [1.165, 1.54) is 0 Å². The van der Waals surface area contributed by atoms with Crippen LogP contribution in [0, 0.1) is 6.92 Å². The molecule has 2 amide bonds. The zero-order chi connectivity index (χ0) is 15.8. The van der Waals surface area contributed by atoms with E-state index in [4.69, 9.17) is 0 Å². The Morgan fingerprint density at radius 1 is 1.33 bits per heavy atom. The molecule has 2 atom stereocenters. The van der Waals surface area contributed by atoms with Crippen LogP contribution in [0.15, 0.2) is 24.3 Å². The number of aryl methyl sites for hydroxylation is 1. The third kappa shape index (κ3) is 5.95. The second-order valence-corrected chi connectivity index (χ2v) is 5.21. The molecule has 0 radical (unpaired) electrons. The van der Waals surface area contributed by atoms with E-state index in [1.54, 1.807) is 25.1 Å². The minimum absolute atomic E-state index is 0.251. The van der Waals surface area contributed by atoms with Crippen molar-refractivity contribution in [2.75, 3.05) is 6.54 Å². The molecule has 0 fully saturated rings. The number of aliphatic hydroxyl groups excluding tert-OH is 1. The van der Waals surface area contributed by atoms with Gasteiger partial charge in [0.1, 0.15) is 6.04 Å². The molecule has 1 aromatic carbocycles. The molecule has 2 unspecified atom stereocenters. The second-order valence-electron chi connectivity index (χ2n) is 5.21. The van der Waals surface area contributed by atoms with Crippen LogP contribution in [0.5, 0.6) is 0 Å². The quantitative estimate of drug-likeness (QED) is 0.710. The first-order chi connectivity index (χ1) is 9.93. The molecule has 0 aliphatic heterocycles. The molecule has 0 saturated heterocycles. The summed E-state index contributed by atoms with van der Waals surface area (Å²) in [5.74, 6) is -0.519. The lowest BCUT2D eigenvalue weighted by molar-refractivity contribution is -0.122. The van der Waals surface area contributed by atoms with Crippen LogP contribution in [0.1, 0.15) is 42.6 Å². The fourth-order valence-corrected chi connectivity index (χ4v) is 1.85. The number of rotatable bonds is 7. The van der Waals surface area contributed by atoms with Gasteiger partial charge in [0.2, 0.25) is 5.91 Å². The smallest absolute Gasteiger partial charge is 0.251 e. The van der Waals surface area contributed by atoms with Crippen LogP contribution in [0.3, 0.4) is 0 Å².